The van der Waals surface area contributed by atoms with Gasteiger partial charge in [-0.05, 0) is 43.1 Å². The highest BCUT2D eigenvalue weighted by molar-refractivity contribution is 5.29. The van der Waals surface area contributed by atoms with Crippen LogP contribution in [0.15, 0.2) is 24.3 Å². The molecular weight excluding hydrogens is 229 g/mol. The normalized spacial score (nSPS) is 14.6. The molecule has 94 valence electrons. The SMILES string of the molecule is Cc1nn(Cc2ccc(F)cc2)c2c1CCNC2. The highest BCUT2D eigenvalue weighted by Gasteiger charge is 2.17. The Morgan fingerprint density at radius 3 is 2.89 bits per heavy atom. The molecule has 0 spiro atoms. The van der Waals surface area contributed by atoms with E-state index < -0.39 is 0 Å². The van der Waals surface area contributed by atoms with Crippen LogP contribution in [0, 0.1) is 12.7 Å². The van der Waals surface area contributed by atoms with Crippen molar-refractivity contribution in [1.29, 1.82) is 0 Å². The number of aryl methyl sites for hydroxylation is 1. The molecule has 1 aliphatic rings. The zero-order chi connectivity index (χ0) is 12.5. The molecule has 2 aromatic rings. The number of fused-ring (bicyclic) bond motifs is 1. The van der Waals surface area contributed by atoms with Crippen LogP contribution in [0.4, 0.5) is 4.39 Å². The number of halogens is 1. The Kier molecular flexibility index (Phi) is 2.88. The van der Waals surface area contributed by atoms with E-state index >= 15 is 0 Å². The summed E-state index contributed by atoms with van der Waals surface area (Å²) in [5, 5.41) is 7.96. The van der Waals surface area contributed by atoms with E-state index in [9.17, 15) is 4.39 Å². The van der Waals surface area contributed by atoms with Crippen molar-refractivity contribution in [3.05, 3.63) is 52.6 Å². The molecule has 3 nitrogen and oxygen atoms in total. The number of hydrogen-bond acceptors (Lipinski definition) is 2. The molecule has 0 bridgehead atoms. The maximum Gasteiger partial charge on any atom is 0.123 e. The molecule has 1 aliphatic heterocycles. The van der Waals surface area contributed by atoms with Gasteiger partial charge >= 0.3 is 0 Å². The van der Waals surface area contributed by atoms with Crippen molar-refractivity contribution in [1.82, 2.24) is 15.1 Å². The molecule has 0 atom stereocenters. The summed E-state index contributed by atoms with van der Waals surface area (Å²) in [5.41, 5.74) is 4.83. The van der Waals surface area contributed by atoms with Gasteiger partial charge in [0.1, 0.15) is 5.82 Å². The quantitative estimate of drug-likeness (QED) is 0.877. The summed E-state index contributed by atoms with van der Waals surface area (Å²) >= 11 is 0. The minimum absolute atomic E-state index is 0.195. The van der Waals surface area contributed by atoms with Gasteiger partial charge in [-0.3, -0.25) is 4.68 Å². The molecule has 1 N–H and O–H groups in total. The van der Waals surface area contributed by atoms with E-state index in [1.807, 2.05) is 16.8 Å². The fourth-order valence-electron chi connectivity index (χ4n) is 2.50. The van der Waals surface area contributed by atoms with Gasteiger partial charge < -0.3 is 5.32 Å². The molecule has 1 aromatic heterocycles. The first kappa shape index (κ1) is 11.4. The van der Waals surface area contributed by atoms with Crippen LogP contribution in [0.2, 0.25) is 0 Å². The summed E-state index contributed by atoms with van der Waals surface area (Å²) in [5.74, 6) is -0.195. The van der Waals surface area contributed by atoms with Crippen LogP contribution in [0.5, 0.6) is 0 Å². The van der Waals surface area contributed by atoms with E-state index in [0.29, 0.717) is 6.54 Å². The second-order valence-corrected chi connectivity index (χ2v) is 4.72. The van der Waals surface area contributed by atoms with Gasteiger partial charge in [0, 0.05) is 6.54 Å². The topological polar surface area (TPSA) is 29.9 Å². The van der Waals surface area contributed by atoms with E-state index in [1.54, 1.807) is 0 Å². The van der Waals surface area contributed by atoms with E-state index in [2.05, 4.69) is 17.3 Å². The molecule has 0 aliphatic carbocycles. The van der Waals surface area contributed by atoms with Crippen LogP contribution in [0.25, 0.3) is 0 Å². The van der Waals surface area contributed by atoms with E-state index in [1.165, 1.54) is 23.4 Å². The van der Waals surface area contributed by atoms with Crippen LogP contribution in [-0.2, 0) is 19.5 Å². The number of rotatable bonds is 2. The minimum Gasteiger partial charge on any atom is -0.311 e. The Balaban J connectivity index is 1.91. The van der Waals surface area contributed by atoms with Crippen molar-refractivity contribution in [2.75, 3.05) is 6.54 Å². The average molecular weight is 245 g/mol. The predicted octanol–water partition coefficient (Wildman–Crippen LogP) is 2.02. The Bertz CT molecular complexity index is 557. The first-order valence-electron chi connectivity index (χ1n) is 6.24. The Morgan fingerprint density at radius 1 is 1.33 bits per heavy atom. The summed E-state index contributed by atoms with van der Waals surface area (Å²) in [7, 11) is 0. The molecule has 0 radical (unpaired) electrons. The zero-order valence-corrected chi connectivity index (χ0v) is 10.4. The number of hydrogen-bond donors (Lipinski definition) is 1. The molecule has 0 saturated heterocycles. The van der Waals surface area contributed by atoms with Crippen LogP contribution >= 0.6 is 0 Å². The third-order valence-corrected chi connectivity index (χ3v) is 3.46. The monoisotopic (exact) mass is 245 g/mol. The first-order valence-corrected chi connectivity index (χ1v) is 6.24. The predicted molar refractivity (Wildman–Crippen MR) is 67.9 cm³/mol. The maximum absolute atomic E-state index is 12.9. The summed E-state index contributed by atoms with van der Waals surface area (Å²) in [6, 6.07) is 6.62. The maximum atomic E-state index is 12.9. The Hall–Kier alpha value is -1.68. The largest absolute Gasteiger partial charge is 0.311 e. The van der Waals surface area contributed by atoms with Gasteiger partial charge in [-0.15, -0.1) is 0 Å². The van der Waals surface area contributed by atoms with Gasteiger partial charge in [-0.1, -0.05) is 12.1 Å². The number of aromatic nitrogens is 2. The summed E-state index contributed by atoms with van der Waals surface area (Å²) in [6.45, 7) is 4.66. The molecule has 4 heteroatoms. The number of nitrogens with one attached hydrogen (secondary N) is 1. The highest BCUT2D eigenvalue weighted by Crippen LogP contribution is 2.18. The molecule has 2 heterocycles. The molecule has 0 unspecified atom stereocenters. The van der Waals surface area contributed by atoms with E-state index in [-0.39, 0.29) is 5.82 Å². The van der Waals surface area contributed by atoms with Crippen molar-refractivity contribution in [3.8, 4) is 0 Å². The molecule has 0 fully saturated rings. The fourth-order valence-corrected chi connectivity index (χ4v) is 2.50. The average Bonchev–Trinajstić information content (AvgIpc) is 2.70. The van der Waals surface area contributed by atoms with Gasteiger partial charge in [0.2, 0.25) is 0 Å². The standard InChI is InChI=1S/C14H16FN3/c1-10-13-6-7-16-8-14(13)18(17-10)9-11-2-4-12(15)5-3-11/h2-5,16H,6-9H2,1H3. The zero-order valence-electron chi connectivity index (χ0n) is 10.4. The van der Waals surface area contributed by atoms with Gasteiger partial charge in [0.05, 0.1) is 17.9 Å². The lowest BCUT2D eigenvalue weighted by molar-refractivity contribution is 0.569. The van der Waals surface area contributed by atoms with Crippen LogP contribution in [0.1, 0.15) is 22.5 Å². The molecule has 3 rings (SSSR count). The van der Waals surface area contributed by atoms with E-state index in [0.717, 1.165) is 30.8 Å². The second kappa shape index (κ2) is 4.53. The number of nitrogens with zero attached hydrogens (tertiary/aromatic N) is 2. The first-order chi connectivity index (χ1) is 8.74. The number of benzene rings is 1. The molecule has 18 heavy (non-hydrogen) atoms. The third-order valence-electron chi connectivity index (χ3n) is 3.46. The van der Waals surface area contributed by atoms with Gasteiger partial charge in [-0.2, -0.15) is 5.10 Å². The lowest BCUT2D eigenvalue weighted by Gasteiger charge is -2.15. The Labute approximate surface area is 106 Å². The Morgan fingerprint density at radius 2 is 2.11 bits per heavy atom. The summed E-state index contributed by atoms with van der Waals surface area (Å²) < 4.78 is 14.9. The minimum atomic E-state index is -0.195. The van der Waals surface area contributed by atoms with Gasteiger partial charge in [-0.25, -0.2) is 4.39 Å². The van der Waals surface area contributed by atoms with Gasteiger partial charge in [0.25, 0.3) is 0 Å². The van der Waals surface area contributed by atoms with Crippen molar-refractivity contribution < 1.29 is 4.39 Å². The fraction of sp³-hybridized carbons (Fsp3) is 0.357. The van der Waals surface area contributed by atoms with Crippen LogP contribution in [0.3, 0.4) is 0 Å². The summed E-state index contributed by atoms with van der Waals surface area (Å²) in [4.78, 5) is 0. The van der Waals surface area contributed by atoms with Crippen LogP contribution < -0.4 is 5.32 Å². The molecule has 0 saturated carbocycles. The third kappa shape index (κ3) is 2.04. The molecule has 0 amide bonds. The second-order valence-electron chi connectivity index (χ2n) is 4.72. The van der Waals surface area contributed by atoms with Crippen molar-refractivity contribution in [3.63, 3.8) is 0 Å². The van der Waals surface area contributed by atoms with Crippen molar-refractivity contribution in [2.45, 2.75) is 26.4 Å². The molecule has 1 aromatic carbocycles. The van der Waals surface area contributed by atoms with E-state index in [4.69, 9.17) is 0 Å². The highest BCUT2D eigenvalue weighted by atomic mass is 19.1. The molecular formula is C14H16FN3. The van der Waals surface area contributed by atoms with Crippen molar-refractivity contribution in [2.24, 2.45) is 0 Å². The lowest BCUT2D eigenvalue weighted by Crippen LogP contribution is -2.25. The smallest absolute Gasteiger partial charge is 0.123 e. The lowest BCUT2D eigenvalue weighted by atomic mass is 10.1. The van der Waals surface area contributed by atoms with Gasteiger partial charge in [0.15, 0.2) is 0 Å². The van der Waals surface area contributed by atoms with Crippen molar-refractivity contribution >= 4 is 0 Å². The summed E-state index contributed by atoms with van der Waals surface area (Å²) in [6.07, 6.45) is 1.05. The van der Waals surface area contributed by atoms with Crippen LogP contribution in [-0.4, -0.2) is 16.3 Å².